The zero-order valence-corrected chi connectivity index (χ0v) is 12.3. The van der Waals surface area contributed by atoms with Crippen LogP contribution in [0, 0.1) is 15.5 Å². The Hall–Kier alpha value is -2.11. The number of nitro groups is 1. The van der Waals surface area contributed by atoms with Crippen molar-refractivity contribution in [2.24, 2.45) is 5.41 Å². The fourth-order valence-corrected chi connectivity index (χ4v) is 2.98. The summed E-state index contributed by atoms with van der Waals surface area (Å²) in [7, 11) is 0. The minimum absolute atomic E-state index is 0.0331. The molecule has 6 nitrogen and oxygen atoms in total. The molecule has 0 saturated heterocycles. The van der Waals surface area contributed by atoms with E-state index >= 15 is 0 Å². The van der Waals surface area contributed by atoms with Crippen molar-refractivity contribution in [2.45, 2.75) is 45.6 Å². The monoisotopic (exact) mass is 292 g/mol. The van der Waals surface area contributed by atoms with Crippen LogP contribution in [-0.4, -0.2) is 22.0 Å². The first-order chi connectivity index (χ1) is 9.83. The van der Waals surface area contributed by atoms with Gasteiger partial charge in [-0.25, -0.2) is 4.79 Å². The van der Waals surface area contributed by atoms with E-state index in [0.717, 1.165) is 25.7 Å². The Balaban J connectivity index is 2.38. The molecular weight excluding hydrogens is 272 g/mol. The van der Waals surface area contributed by atoms with Crippen molar-refractivity contribution >= 4 is 17.3 Å². The van der Waals surface area contributed by atoms with Gasteiger partial charge in [0.15, 0.2) is 0 Å². The largest absolute Gasteiger partial charge is 0.477 e. The van der Waals surface area contributed by atoms with E-state index in [1.807, 2.05) is 0 Å². The van der Waals surface area contributed by atoms with E-state index < -0.39 is 10.9 Å². The van der Waals surface area contributed by atoms with Crippen LogP contribution in [0.2, 0.25) is 0 Å². The Morgan fingerprint density at radius 3 is 2.71 bits per heavy atom. The maximum atomic E-state index is 11.3. The molecule has 114 valence electrons. The minimum atomic E-state index is -1.28. The first kappa shape index (κ1) is 15.3. The number of para-hydroxylation sites is 1. The van der Waals surface area contributed by atoms with Gasteiger partial charge in [-0.05, 0) is 30.4 Å². The molecule has 1 saturated carbocycles. The highest BCUT2D eigenvalue weighted by Gasteiger charge is 2.34. The lowest BCUT2D eigenvalue weighted by Gasteiger charge is -2.39. The van der Waals surface area contributed by atoms with Crippen LogP contribution in [0.4, 0.5) is 11.4 Å². The van der Waals surface area contributed by atoms with E-state index in [1.165, 1.54) is 12.1 Å². The normalized spacial score (nSPS) is 20.8. The van der Waals surface area contributed by atoms with Crippen LogP contribution < -0.4 is 5.32 Å². The van der Waals surface area contributed by atoms with Crippen molar-refractivity contribution in [3.63, 3.8) is 0 Å². The molecule has 2 rings (SSSR count). The molecule has 1 aromatic rings. The highest BCUT2D eigenvalue weighted by atomic mass is 16.6. The number of anilines is 1. The van der Waals surface area contributed by atoms with Crippen molar-refractivity contribution in [3.8, 4) is 0 Å². The van der Waals surface area contributed by atoms with E-state index in [0.29, 0.717) is 5.69 Å². The number of benzene rings is 1. The van der Waals surface area contributed by atoms with Gasteiger partial charge in [-0.15, -0.1) is 0 Å². The van der Waals surface area contributed by atoms with Gasteiger partial charge in [-0.2, -0.15) is 0 Å². The molecule has 1 fully saturated rings. The SMILES string of the molecule is CC1(C)CCCCC1Nc1cccc(C(=O)O)c1[N+](=O)[O-]. The number of aromatic carboxylic acids is 1. The Labute approximate surface area is 123 Å². The number of rotatable bonds is 4. The van der Waals surface area contributed by atoms with Crippen LogP contribution in [-0.2, 0) is 0 Å². The summed E-state index contributed by atoms with van der Waals surface area (Å²) < 4.78 is 0. The van der Waals surface area contributed by atoms with Crippen molar-refractivity contribution in [1.29, 1.82) is 0 Å². The van der Waals surface area contributed by atoms with Crippen LogP contribution in [0.1, 0.15) is 49.9 Å². The van der Waals surface area contributed by atoms with Gasteiger partial charge >= 0.3 is 11.7 Å². The molecule has 0 bridgehead atoms. The van der Waals surface area contributed by atoms with Gasteiger partial charge in [-0.1, -0.05) is 32.8 Å². The van der Waals surface area contributed by atoms with E-state index in [-0.39, 0.29) is 22.7 Å². The molecule has 1 aliphatic rings. The lowest BCUT2D eigenvalue weighted by molar-refractivity contribution is -0.384. The van der Waals surface area contributed by atoms with Crippen LogP contribution in [0.25, 0.3) is 0 Å². The molecule has 0 aliphatic heterocycles. The van der Waals surface area contributed by atoms with Crippen LogP contribution >= 0.6 is 0 Å². The van der Waals surface area contributed by atoms with Crippen LogP contribution in [0.5, 0.6) is 0 Å². The number of nitrogens with zero attached hydrogens (tertiary/aromatic N) is 1. The first-order valence-corrected chi connectivity index (χ1v) is 7.10. The van der Waals surface area contributed by atoms with Gasteiger partial charge in [0, 0.05) is 6.04 Å². The van der Waals surface area contributed by atoms with Gasteiger partial charge in [-0.3, -0.25) is 10.1 Å². The Bertz CT molecular complexity index is 569. The van der Waals surface area contributed by atoms with Crippen molar-refractivity contribution in [3.05, 3.63) is 33.9 Å². The quantitative estimate of drug-likeness (QED) is 0.652. The Morgan fingerprint density at radius 1 is 1.43 bits per heavy atom. The summed E-state index contributed by atoms with van der Waals surface area (Å²) in [5.74, 6) is -1.28. The second-order valence-electron chi connectivity index (χ2n) is 6.20. The third kappa shape index (κ3) is 3.15. The molecule has 1 atom stereocenters. The topological polar surface area (TPSA) is 92.5 Å². The molecule has 1 unspecified atom stereocenters. The standard InChI is InChI=1S/C15H20N2O4/c1-15(2)9-4-3-8-12(15)16-11-7-5-6-10(14(18)19)13(11)17(20)21/h5-7,12,16H,3-4,8-9H2,1-2H3,(H,18,19). The molecule has 1 aromatic carbocycles. The highest BCUT2D eigenvalue weighted by Crippen LogP contribution is 2.39. The van der Waals surface area contributed by atoms with E-state index in [4.69, 9.17) is 5.11 Å². The third-order valence-corrected chi connectivity index (χ3v) is 4.29. The summed E-state index contributed by atoms with van der Waals surface area (Å²) >= 11 is 0. The predicted molar refractivity (Wildman–Crippen MR) is 79.7 cm³/mol. The number of nitro benzene ring substituents is 1. The molecule has 0 spiro atoms. The lowest BCUT2D eigenvalue weighted by atomic mass is 9.73. The molecule has 21 heavy (non-hydrogen) atoms. The van der Waals surface area contributed by atoms with Crippen molar-refractivity contribution in [1.82, 2.24) is 0 Å². The maximum absolute atomic E-state index is 11.3. The predicted octanol–water partition coefficient (Wildman–Crippen LogP) is 3.67. The summed E-state index contributed by atoms with van der Waals surface area (Å²) in [6, 6.07) is 4.48. The summed E-state index contributed by atoms with van der Waals surface area (Å²) in [6.45, 7) is 4.27. The molecule has 0 aromatic heterocycles. The summed E-state index contributed by atoms with van der Waals surface area (Å²) in [4.78, 5) is 21.8. The third-order valence-electron chi connectivity index (χ3n) is 4.29. The van der Waals surface area contributed by atoms with Gasteiger partial charge in [0.05, 0.1) is 4.92 Å². The van der Waals surface area contributed by atoms with Crippen LogP contribution in [0.3, 0.4) is 0 Å². The average Bonchev–Trinajstić information content (AvgIpc) is 2.40. The number of nitrogens with one attached hydrogen (secondary N) is 1. The summed E-state index contributed by atoms with van der Waals surface area (Å²) in [5, 5.41) is 23.6. The number of carbonyl (C=O) groups is 1. The smallest absolute Gasteiger partial charge is 0.342 e. The van der Waals surface area contributed by atoms with E-state index in [2.05, 4.69) is 19.2 Å². The van der Waals surface area contributed by atoms with Gasteiger partial charge in [0.25, 0.3) is 0 Å². The fourth-order valence-electron chi connectivity index (χ4n) is 2.98. The van der Waals surface area contributed by atoms with Crippen molar-refractivity contribution < 1.29 is 14.8 Å². The zero-order chi connectivity index (χ0) is 15.6. The van der Waals surface area contributed by atoms with Gasteiger partial charge < -0.3 is 10.4 Å². The fraction of sp³-hybridized carbons (Fsp3) is 0.533. The molecule has 0 amide bonds. The van der Waals surface area contributed by atoms with Gasteiger partial charge in [0.2, 0.25) is 0 Å². The van der Waals surface area contributed by atoms with Gasteiger partial charge in [0.1, 0.15) is 11.3 Å². The highest BCUT2D eigenvalue weighted by molar-refractivity contribution is 5.95. The second-order valence-corrected chi connectivity index (χ2v) is 6.20. The number of hydrogen-bond donors (Lipinski definition) is 2. The number of hydrogen-bond acceptors (Lipinski definition) is 4. The maximum Gasteiger partial charge on any atom is 0.342 e. The Kier molecular flexibility index (Phi) is 4.16. The molecule has 0 radical (unpaired) electrons. The summed E-state index contributed by atoms with van der Waals surface area (Å²) in [5.41, 5.74) is -0.310. The first-order valence-electron chi connectivity index (χ1n) is 7.10. The second kappa shape index (κ2) is 5.71. The molecule has 1 aliphatic carbocycles. The minimum Gasteiger partial charge on any atom is -0.477 e. The average molecular weight is 292 g/mol. The molecule has 6 heteroatoms. The summed E-state index contributed by atoms with van der Waals surface area (Å²) in [6.07, 6.45) is 4.22. The van der Waals surface area contributed by atoms with Crippen LogP contribution in [0.15, 0.2) is 18.2 Å². The zero-order valence-electron chi connectivity index (χ0n) is 12.3. The number of carboxylic acids is 1. The lowest BCUT2D eigenvalue weighted by Crippen LogP contribution is -2.39. The van der Waals surface area contributed by atoms with Crippen molar-refractivity contribution in [2.75, 3.05) is 5.32 Å². The molecular formula is C15H20N2O4. The molecule has 2 N–H and O–H groups in total. The Morgan fingerprint density at radius 2 is 2.14 bits per heavy atom. The number of carboxylic acid groups (broad SMARTS) is 1. The molecule has 0 heterocycles. The van der Waals surface area contributed by atoms with E-state index in [1.54, 1.807) is 6.07 Å². The van der Waals surface area contributed by atoms with E-state index in [9.17, 15) is 14.9 Å².